The van der Waals surface area contributed by atoms with E-state index in [-0.39, 0.29) is 18.5 Å². The predicted molar refractivity (Wildman–Crippen MR) is 100 cm³/mol. The third kappa shape index (κ3) is 3.83. The Balaban J connectivity index is 1.98. The Labute approximate surface area is 162 Å². The number of allylic oxidation sites excluding steroid dienone is 1. The molecule has 0 bridgehead atoms. The van der Waals surface area contributed by atoms with Crippen LogP contribution in [0.3, 0.4) is 0 Å². The molecule has 0 spiro atoms. The zero-order chi connectivity index (χ0) is 20.3. The van der Waals surface area contributed by atoms with Gasteiger partial charge in [0.1, 0.15) is 5.75 Å². The van der Waals surface area contributed by atoms with E-state index in [2.05, 4.69) is 20.8 Å². The van der Waals surface area contributed by atoms with Crippen molar-refractivity contribution in [1.29, 1.82) is 0 Å². The fraction of sp³-hybridized carbons (Fsp3) is 0.368. The minimum absolute atomic E-state index is 0.204. The quantitative estimate of drug-likeness (QED) is 0.788. The van der Waals surface area contributed by atoms with Crippen molar-refractivity contribution in [2.45, 2.75) is 33.4 Å². The number of carbonyl (C=O) groups excluding carboxylic acids is 2. The van der Waals surface area contributed by atoms with Crippen molar-refractivity contribution in [3.05, 3.63) is 52.8 Å². The minimum Gasteiger partial charge on any atom is -0.496 e. The molecule has 3 amide bonds. The summed E-state index contributed by atoms with van der Waals surface area (Å²) in [5, 5.41) is 9.38. The predicted octanol–water partition coefficient (Wildman–Crippen LogP) is 2.06. The van der Waals surface area contributed by atoms with Gasteiger partial charge in [0, 0.05) is 24.7 Å². The standard InChI is InChI=1S/C19H23N5O4/c1-5-24(10-15-21-12(3)28-23-15)18(25)16-11(2)20-19(26)22-17(16)13-8-6-7-9-14(13)27-4/h6-9,17H,5,10H2,1-4H3,(H2,20,22,26). The summed E-state index contributed by atoms with van der Waals surface area (Å²) >= 11 is 0. The monoisotopic (exact) mass is 385 g/mol. The molecule has 2 N–H and O–H groups in total. The van der Waals surface area contributed by atoms with E-state index >= 15 is 0 Å². The second-order valence-electron chi connectivity index (χ2n) is 6.36. The van der Waals surface area contributed by atoms with Crippen LogP contribution in [-0.2, 0) is 11.3 Å². The van der Waals surface area contributed by atoms with Gasteiger partial charge >= 0.3 is 6.03 Å². The third-order valence-corrected chi connectivity index (χ3v) is 4.52. The van der Waals surface area contributed by atoms with Gasteiger partial charge in [0.05, 0.1) is 25.3 Å². The number of nitrogens with one attached hydrogen (secondary N) is 2. The minimum atomic E-state index is -0.640. The topological polar surface area (TPSA) is 110 Å². The van der Waals surface area contributed by atoms with Gasteiger partial charge in [0.25, 0.3) is 5.91 Å². The molecule has 3 rings (SSSR count). The maximum Gasteiger partial charge on any atom is 0.319 e. The van der Waals surface area contributed by atoms with Crippen LogP contribution >= 0.6 is 0 Å². The molecule has 2 aromatic rings. The van der Waals surface area contributed by atoms with Gasteiger partial charge in [-0.05, 0) is 19.9 Å². The lowest BCUT2D eigenvalue weighted by atomic mass is 9.93. The molecular formula is C19H23N5O4. The average molecular weight is 385 g/mol. The number of benzene rings is 1. The number of rotatable bonds is 6. The second-order valence-corrected chi connectivity index (χ2v) is 6.36. The first kappa shape index (κ1) is 19.4. The van der Waals surface area contributed by atoms with E-state index < -0.39 is 6.04 Å². The van der Waals surface area contributed by atoms with Crippen LogP contribution in [0.15, 0.2) is 40.1 Å². The fourth-order valence-electron chi connectivity index (χ4n) is 3.19. The molecule has 0 fully saturated rings. The van der Waals surface area contributed by atoms with E-state index in [1.807, 2.05) is 25.1 Å². The smallest absolute Gasteiger partial charge is 0.319 e. The van der Waals surface area contributed by atoms with Crippen LogP contribution < -0.4 is 15.4 Å². The number of methoxy groups -OCH3 is 1. The molecule has 148 valence electrons. The van der Waals surface area contributed by atoms with Crippen LogP contribution in [0.25, 0.3) is 0 Å². The molecule has 0 aliphatic carbocycles. The van der Waals surface area contributed by atoms with Crippen molar-refractivity contribution in [3.8, 4) is 5.75 Å². The van der Waals surface area contributed by atoms with Crippen molar-refractivity contribution < 1.29 is 18.8 Å². The van der Waals surface area contributed by atoms with Crippen LogP contribution in [0, 0.1) is 6.92 Å². The SMILES string of the molecule is CCN(Cc1noc(C)n1)C(=O)C1=C(C)NC(=O)NC1c1ccccc1OC. The number of amides is 3. The van der Waals surface area contributed by atoms with Gasteiger partial charge in [0.15, 0.2) is 5.82 Å². The van der Waals surface area contributed by atoms with Crippen molar-refractivity contribution in [2.24, 2.45) is 0 Å². The lowest BCUT2D eigenvalue weighted by Gasteiger charge is -2.32. The highest BCUT2D eigenvalue weighted by Crippen LogP contribution is 2.33. The Hall–Kier alpha value is -3.36. The summed E-state index contributed by atoms with van der Waals surface area (Å²) < 4.78 is 10.4. The Kier molecular flexibility index (Phi) is 5.62. The summed E-state index contributed by atoms with van der Waals surface area (Å²) in [6.07, 6.45) is 0. The lowest BCUT2D eigenvalue weighted by molar-refractivity contribution is -0.128. The molecule has 2 heterocycles. The van der Waals surface area contributed by atoms with Crippen molar-refractivity contribution >= 4 is 11.9 Å². The second kappa shape index (κ2) is 8.12. The average Bonchev–Trinajstić information content (AvgIpc) is 3.09. The van der Waals surface area contributed by atoms with E-state index in [0.29, 0.717) is 40.8 Å². The molecular weight excluding hydrogens is 362 g/mol. The number of likely N-dealkylation sites (N-methyl/N-ethyl adjacent to an activating group) is 1. The molecule has 9 heteroatoms. The lowest BCUT2D eigenvalue weighted by Crippen LogP contribution is -2.47. The summed E-state index contributed by atoms with van der Waals surface area (Å²) in [5.74, 6) is 1.22. The summed E-state index contributed by atoms with van der Waals surface area (Å²) in [6.45, 7) is 5.92. The van der Waals surface area contributed by atoms with Crippen LogP contribution in [0.2, 0.25) is 0 Å². The van der Waals surface area contributed by atoms with Crippen LogP contribution in [0.1, 0.15) is 37.2 Å². The van der Waals surface area contributed by atoms with Gasteiger partial charge in [-0.25, -0.2) is 4.79 Å². The number of urea groups is 1. The summed E-state index contributed by atoms with van der Waals surface area (Å²) in [4.78, 5) is 31.3. The molecule has 1 atom stereocenters. The van der Waals surface area contributed by atoms with E-state index in [1.54, 1.807) is 31.9 Å². The molecule has 0 saturated carbocycles. The van der Waals surface area contributed by atoms with E-state index in [4.69, 9.17) is 9.26 Å². The number of aryl methyl sites for hydroxylation is 1. The molecule has 1 aliphatic rings. The zero-order valence-corrected chi connectivity index (χ0v) is 16.3. The molecule has 1 aromatic heterocycles. The summed E-state index contributed by atoms with van der Waals surface area (Å²) in [5.41, 5.74) is 1.63. The van der Waals surface area contributed by atoms with Crippen LogP contribution in [0.5, 0.6) is 5.75 Å². The largest absolute Gasteiger partial charge is 0.496 e. The van der Waals surface area contributed by atoms with Gasteiger partial charge in [-0.2, -0.15) is 4.98 Å². The van der Waals surface area contributed by atoms with Crippen LogP contribution in [-0.4, -0.2) is 40.6 Å². The highest BCUT2D eigenvalue weighted by Gasteiger charge is 2.35. The first-order chi connectivity index (χ1) is 13.4. The highest BCUT2D eigenvalue weighted by atomic mass is 16.5. The maximum absolute atomic E-state index is 13.4. The number of ether oxygens (including phenoxy) is 1. The number of carbonyl (C=O) groups is 2. The Morgan fingerprint density at radius 3 is 2.71 bits per heavy atom. The molecule has 0 radical (unpaired) electrons. The molecule has 9 nitrogen and oxygen atoms in total. The van der Waals surface area contributed by atoms with Crippen molar-refractivity contribution in [3.63, 3.8) is 0 Å². The van der Waals surface area contributed by atoms with Gasteiger partial charge in [-0.3, -0.25) is 4.79 Å². The third-order valence-electron chi connectivity index (χ3n) is 4.52. The first-order valence-corrected chi connectivity index (χ1v) is 8.94. The highest BCUT2D eigenvalue weighted by molar-refractivity contribution is 5.98. The molecule has 1 aromatic carbocycles. The van der Waals surface area contributed by atoms with Gasteiger partial charge in [-0.15, -0.1) is 0 Å². The summed E-state index contributed by atoms with van der Waals surface area (Å²) in [7, 11) is 1.55. The molecule has 28 heavy (non-hydrogen) atoms. The van der Waals surface area contributed by atoms with Gasteiger partial charge < -0.3 is 24.8 Å². The normalized spacial score (nSPS) is 16.4. The Morgan fingerprint density at radius 1 is 1.32 bits per heavy atom. The molecule has 1 aliphatic heterocycles. The Morgan fingerprint density at radius 2 is 2.07 bits per heavy atom. The maximum atomic E-state index is 13.4. The molecule has 0 saturated heterocycles. The van der Waals surface area contributed by atoms with E-state index in [1.165, 1.54) is 0 Å². The van der Waals surface area contributed by atoms with Crippen molar-refractivity contribution in [1.82, 2.24) is 25.7 Å². The first-order valence-electron chi connectivity index (χ1n) is 8.94. The van der Waals surface area contributed by atoms with Gasteiger partial charge in [-0.1, -0.05) is 23.4 Å². The fourth-order valence-corrected chi connectivity index (χ4v) is 3.19. The van der Waals surface area contributed by atoms with E-state index in [0.717, 1.165) is 0 Å². The molecule has 1 unspecified atom stereocenters. The number of hydrogen-bond acceptors (Lipinski definition) is 6. The van der Waals surface area contributed by atoms with Crippen LogP contribution in [0.4, 0.5) is 4.79 Å². The number of aromatic nitrogens is 2. The van der Waals surface area contributed by atoms with E-state index in [9.17, 15) is 9.59 Å². The number of hydrogen-bond donors (Lipinski definition) is 2. The Bertz CT molecular complexity index is 921. The van der Waals surface area contributed by atoms with Crippen molar-refractivity contribution in [2.75, 3.05) is 13.7 Å². The summed E-state index contributed by atoms with van der Waals surface area (Å²) in [6, 6.07) is 6.28. The number of para-hydroxylation sites is 1. The van der Waals surface area contributed by atoms with Gasteiger partial charge in [0.2, 0.25) is 5.89 Å². The number of nitrogens with zero attached hydrogens (tertiary/aromatic N) is 3. The zero-order valence-electron chi connectivity index (χ0n) is 16.3.